The van der Waals surface area contributed by atoms with Crippen molar-refractivity contribution in [3.63, 3.8) is 0 Å². The maximum atomic E-state index is 13.4. The first kappa shape index (κ1) is 19.6. The van der Waals surface area contributed by atoms with E-state index in [0.29, 0.717) is 28.0 Å². The summed E-state index contributed by atoms with van der Waals surface area (Å²) in [6.45, 7) is 3.64. The van der Waals surface area contributed by atoms with Gasteiger partial charge in [0.2, 0.25) is 5.88 Å². The lowest BCUT2D eigenvalue weighted by Crippen LogP contribution is -2.10. The average Bonchev–Trinajstić information content (AvgIpc) is 3.06. The third-order valence-electron chi connectivity index (χ3n) is 4.58. The smallest absolute Gasteiger partial charge is 0.205 e. The number of ketones is 1. The molecule has 0 aliphatic carbocycles. The van der Waals surface area contributed by atoms with Crippen molar-refractivity contribution in [1.82, 2.24) is 0 Å². The summed E-state index contributed by atoms with van der Waals surface area (Å²) in [6, 6.07) is 6.78. The highest BCUT2D eigenvalue weighted by Gasteiger charge is 2.25. The van der Waals surface area contributed by atoms with Crippen LogP contribution in [0.15, 0.2) is 28.7 Å². The molecule has 0 saturated heterocycles. The first-order chi connectivity index (χ1) is 13.4. The molecule has 0 radical (unpaired) electrons. The molecule has 0 saturated carbocycles. The van der Waals surface area contributed by atoms with Crippen molar-refractivity contribution in [2.24, 2.45) is 0 Å². The van der Waals surface area contributed by atoms with Crippen LogP contribution in [0.4, 0.5) is 5.88 Å². The molecule has 0 bridgehead atoms. The molecule has 0 atom stereocenters. The molecule has 0 aliphatic heterocycles. The summed E-state index contributed by atoms with van der Waals surface area (Å²) in [6.07, 6.45) is 0. The molecule has 7 heteroatoms. The van der Waals surface area contributed by atoms with E-state index in [2.05, 4.69) is 5.32 Å². The molecule has 3 rings (SSSR count). The molecular formula is C21H23NO6. The van der Waals surface area contributed by atoms with E-state index < -0.39 is 0 Å². The Balaban J connectivity index is 2.20. The summed E-state index contributed by atoms with van der Waals surface area (Å²) < 4.78 is 16.4. The first-order valence-electron chi connectivity index (χ1n) is 8.80. The maximum Gasteiger partial charge on any atom is 0.205 e. The van der Waals surface area contributed by atoms with Gasteiger partial charge in [-0.15, -0.1) is 0 Å². The van der Waals surface area contributed by atoms with E-state index in [1.165, 1.54) is 14.2 Å². The molecule has 0 unspecified atom stereocenters. The second kappa shape index (κ2) is 7.82. The number of phenols is 1. The number of fused-ring (bicyclic) bond motifs is 1. The van der Waals surface area contributed by atoms with Crippen LogP contribution in [-0.2, 0) is 0 Å². The molecule has 28 heavy (non-hydrogen) atoms. The minimum Gasteiger partial charge on any atom is -0.504 e. The topological polar surface area (TPSA) is 101 Å². The van der Waals surface area contributed by atoms with Crippen molar-refractivity contribution in [2.75, 3.05) is 32.7 Å². The number of aryl methyl sites for hydroxylation is 2. The molecule has 0 aliphatic rings. The zero-order valence-corrected chi connectivity index (χ0v) is 16.3. The Hall–Kier alpha value is -3.19. The maximum absolute atomic E-state index is 13.4. The number of methoxy groups -OCH3 is 2. The van der Waals surface area contributed by atoms with Gasteiger partial charge in [0.05, 0.1) is 26.4 Å². The van der Waals surface area contributed by atoms with Crippen LogP contribution in [0.3, 0.4) is 0 Å². The Morgan fingerprint density at radius 3 is 2.54 bits per heavy atom. The van der Waals surface area contributed by atoms with Crippen LogP contribution in [0.2, 0.25) is 0 Å². The van der Waals surface area contributed by atoms with E-state index >= 15 is 0 Å². The van der Waals surface area contributed by atoms with Gasteiger partial charge in [-0.05, 0) is 43.2 Å². The minimum absolute atomic E-state index is 0.0212. The molecule has 2 aromatic carbocycles. The number of anilines is 1. The van der Waals surface area contributed by atoms with Gasteiger partial charge >= 0.3 is 0 Å². The van der Waals surface area contributed by atoms with Crippen LogP contribution in [0, 0.1) is 13.8 Å². The average molecular weight is 385 g/mol. The Bertz CT molecular complexity index is 1040. The monoisotopic (exact) mass is 385 g/mol. The zero-order chi connectivity index (χ0) is 20.4. The third-order valence-corrected chi connectivity index (χ3v) is 4.58. The van der Waals surface area contributed by atoms with Crippen LogP contribution in [-0.4, -0.2) is 43.4 Å². The minimum atomic E-state index is -0.300. The number of rotatable bonds is 7. The highest BCUT2D eigenvalue weighted by atomic mass is 16.5. The van der Waals surface area contributed by atoms with E-state index in [-0.39, 0.29) is 41.7 Å². The highest BCUT2D eigenvalue weighted by Crippen LogP contribution is 2.39. The van der Waals surface area contributed by atoms with Crippen LogP contribution in [0.1, 0.15) is 27.0 Å². The fourth-order valence-corrected chi connectivity index (χ4v) is 3.19. The molecule has 148 valence electrons. The molecule has 3 aromatic rings. The number of hydrogen-bond acceptors (Lipinski definition) is 7. The summed E-state index contributed by atoms with van der Waals surface area (Å²) in [4.78, 5) is 13.4. The lowest BCUT2D eigenvalue weighted by molar-refractivity contribution is 0.104. The number of nitrogens with one attached hydrogen (secondary N) is 1. The van der Waals surface area contributed by atoms with Gasteiger partial charge in [-0.3, -0.25) is 4.79 Å². The van der Waals surface area contributed by atoms with Crippen molar-refractivity contribution < 1.29 is 28.9 Å². The van der Waals surface area contributed by atoms with Gasteiger partial charge in [0, 0.05) is 17.5 Å². The standard InChI is InChI=1S/C21H23NO6/c1-11-5-6-14-16(21(22-7-8-23)28-20(14)17(11)24)18(25)13-9-12(2)19(27-4)15(10-13)26-3/h5-6,9-10,22-24H,7-8H2,1-4H3. The van der Waals surface area contributed by atoms with Gasteiger partial charge < -0.3 is 29.4 Å². The number of carbonyl (C=O) groups excluding carboxylic acids is 1. The van der Waals surface area contributed by atoms with E-state index in [0.717, 1.165) is 5.56 Å². The number of furan rings is 1. The fraction of sp³-hybridized carbons (Fsp3) is 0.286. The highest BCUT2D eigenvalue weighted by molar-refractivity contribution is 6.20. The van der Waals surface area contributed by atoms with E-state index in [1.54, 1.807) is 31.2 Å². The number of ether oxygens (including phenoxy) is 2. The van der Waals surface area contributed by atoms with Crippen molar-refractivity contribution >= 4 is 22.6 Å². The molecule has 0 spiro atoms. The summed E-state index contributed by atoms with van der Waals surface area (Å²) in [7, 11) is 3.05. The molecule has 0 amide bonds. The SMILES string of the molecule is COc1cc(C(=O)c2c(NCCO)oc3c(O)c(C)ccc23)cc(C)c1OC. The third kappa shape index (κ3) is 3.25. The molecule has 1 heterocycles. The van der Waals surface area contributed by atoms with Crippen molar-refractivity contribution in [3.8, 4) is 17.2 Å². The van der Waals surface area contributed by atoms with Gasteiger partial charge in [0.1, 0.15) is 0 Å². The second-order valence-electron chi connectivity index (χ2n) is 6.42. The lowest BCUT2D eigenvalue weighted by Gasteiger charge is -2.12. The number of aliphatic hydroxyl groups excluding tert-OH is 1. The first-order valence-corrected chi connectivity index (χ1v) is 8.80. The molecule has 1 aromatic heterocycles. The zero-order valence-electron chi connectivity index (χ0n) is 16.3. The van der Waals surface area contributed by atoms with Gasteiger partial charge in [0.25, 0.3) is 0 Å². The molecule has 7 nitrogen and oxygen atoms in total. The van der Waals surface area contributed by atoms with E-state index in [4.69, 9.17) is 19.0 Å². The van der Waals surface area contributed by atoms with Gasteiger partial charge in [0.15, 0.2) is 28.6 Å². The van der Waals surface area contributed by atoms with Crippen LogP contribution < -0.4 is 14.8 Å². The second-order valence-corrected chi connectivity index (χ2v) is 6.42. The number of benzene rings is 2. The number of phenolic OH excluding ortho intramolecular Hbond substituents is 1. The Morgan fingerprint density at radius 2 is 1.89 bits per heavy atom. The Kier molecular flexibility index (Phi) is 5.46. The van der Waals surface area contributed by atoms with Gasteiger partial charge in [-0.2, -0.15) is 0 Å². The molecular weight excluding hydrogens is 362 g/mol. The predicted molar refractivity (Wildman–Crippen MR) is 106 cm³/mol. The van der Waals surface area contributed by atoms with Crippen molar-refractivity contribution in [3.05, 3.63) is 46.5 Å². The van der Waals surface area contributed by atoms with Crippen LogP contribution >= 0.6 is 0 Å². The summed E-state index contributed by atoms with van der Waals surface area (Å²) >= 11 is 0. The van der Waals surface area contributed by atoms with Gasteiger partial charge in [-0.1, -0.05) is 6.07 Å². The predicted octanol–water partition coefficient (Wildman–Crippen LogP) is 3.41. The van der Waals surface area contributed by atoms with Crippen molar-refractivity contribution in [2.45, 2.75) is 13.8 Å². The summed E-state index contributed by atoms with van der Waals surface area (Å²) in [5.41, 5.74) is 2.29. The normalized spacial score (nSPS) is 10.9. The van der Waals surface area contributed by atoms with E-state index in [1.807, 2.05) is 6.92 Å². The summed E-state index contributed by atoms with van der Waals surface area (Å²) in [5.74, 6) is 0.881. The number of carbonyl (C=O) groups is 1. The van der Waals surface area contributed by atoms with Crippen molar-refractivity contribution in [1.29, 1.82) is 0 Å². The summed E-state index contributed by atoms with van der Waals surface area (Å²) in [5, 5.41) is 22.9. The van der Waals surface area contributed by atoms with Crippen LogP contribution in [0.5, 0.6) is 17.2 Å². The molecule has 0 fully saturated rings. The van der Waals surface area contributed by atoms with Gasteiger partial charge in [-0.25, -0.2) is 0 Å². The quantitative estimate of drug-likeness (QED) is 0.536. The number of aromatic hydroxyl groups is 1. The lowest BCUT2D eigenvalue weighted by atomic mass is 9.98. The van der Waals surface area contributed by atoms with E-state index in [9.17, 15) is 9.90 Å². The fourth-order valence-electron chi connectivity index (χ4n) is 3.19. The Labute approximate surface area is 162 Å². The molecule has 3 N–H and O–H groups in total. The Morgan fingerprint density at radius 1 is 1.14 bits per heavy atom. The number of aliphatic hydroxyl groups is 1. The largest absolute Gasteiger partial charge is 0.504 e. The van der Waals surface area contributed by atoms with Crippen LogP contribution in [0.25, 0.3) is 11.0 Å². The number of hydrogen-bond donors (Lipinski definition) is 3.